The van der Waals surface area contributed by atoms with Crippen LogP contribution in [0.25, 0.3) is 11.1 Å². The molecule has 0 radical (unpaired) electrons. The molecule has 0 aliphatic carbocycles. The van der Waals surface area contributed by atoms with Gasteiger partial charge >= 0.3 is 0 Å². The molecule has 2 N–H and O–H groups in total. The lowest BCUT2D eigenvalue weighted by Gasteiger charge is -2.00. The quantitative estimate of drug-likeness (QED) is 0.888. The highest BCUT2D eigenvalue weighted by atomic mass is 35.5. The first kappa shape index (κ1) is 12.7. The van der Waals surface area contributed by atoms with E-state index >= 15 is 0 Å². The Morgan fingerprint density at radius 1 is 1.19 bits per heavy atom. The van der Waals surface area contributed by atoms with Crippen LogP contribution in [0, 0.1) is 0 Å². The zero-order valence-corrected chi connectivity index (χ0v) is 10.1. The number of aromatic nitrogens is 2. The van der Waals surface area contributed by atoms with Crippen LogP contribution in [0.1, 0.15) is 5.56 Å². The Kier molecular flexibility index (Phi) is 4.52. The molecule has 2 aromatic rings. The predicted molar refractivity (Wildman–Crippen MR) is 68.7 cm³/mol. The number of hydrogen-bond donors (Lipinski definition) is 1. The van der Waals surface area contributed by atoms with Crippen LogP contribution in [0.2, 0.25) is 0 Å². The molecule has 0 saturated carbocycles. The summed E-state index contributed by atoms with van der Waals surface area (Å²) >= 11 is 0. The average Bonchev–Trinajstić information content (AvgIpc) is 2.67. The number of aryl methyl sites for hydroxylation is 1. The lowest BCUT2D eigenvalue weighted by atomic mass is 10.1. The van der Waals surface area contributed by atoms with Crippen LogP contribution >= 0.6 is 12.4 Å². The number of nitrogens with two attached hydrogens (primary N) is 1. The Balaban J connectivity index is 0.00000128. The monoisotopic (exact) mass is 237 g/mol. The molecule has 0 spiro atoms. The van der Waals surface area contributed by atoms with Gasteiger partial charge in [-0.1, -0.05) is 24.3 Å². The average molecular weight is 238 g/mol. The number of benzene rings is 1. The summed E-state index contributed by atoms with van der Waals surface area (Å²) in [6.45, 7) is 0.701. The third-order valence-electron chi connectivity index (χ3n) is 2.43. The standard InChI is InChI=1S/C12H15N3.ClH/c1-15-9-12(8-14-15)11-4-2-10(3-5-11)6-7-13;/h2-5,8-9H,6-7,13H2,1H3;1H. The summed E-state index contributed by atoms with van der Waals surface area (Å²) in [5.74, 6) is 0. The van der Waals surface area contributed by atoms with Gasteiger partial charge in [-0.15, -0.1) is 12.4 Å². The van der Waals surface area contributed by atoms with Crippen LogP contribution in [-0.4, -0.2) is 16.3 Å². The Labute approximate surface area is 102 Å². The second-order valence-corrected chi connectivity index (χ2v) is 3.64. The lowest BCUT2D eigenvalue weighted by molar-refractivity contribution is 0.768. The molecule has 3 nitrogen and oxygen atoms in total. The van der Waals surface area contributed by atoms with Gasteiger partial charge in [-0.2, -0.15) is 5.10 Å². The van der Waals surface area contributed by atoms with Crippen LogP contribution in [0.3, 0.4) is 0 Å². The maximum absolute atomic E-state index is 5.50. The fraction of sp³-hybridized carbons (Fsp3) is 0.250. The van der Waals surface area contributed by atoms with Crippen molar-refractivity contribution in [2.45, 2.75) is 6.42 Å². The van der Waals surface area contributed by atoms with E-state index in [1.54, 1.807) is 0 Å². The van der Waals surface area contributed by atoms with E-state index < -0.39 is 0 Å². The topological polar surface area (TPSA) is 43.8 Å². The summed E-state index contributed by atoms with van der Waals surface area (Å²) in [5, 5.41) is 4.15. The highest BCUT2D eigenvalue weighted by Gasteiger charge is 1.99. The molecular formula is C12H16ClN3. The van der Waals surface area contributed by atoms with Gasteiger partial charge in [0, 0.05) is 18.8 Å². The molecule has 2 rings (SSSR count). The smallest absolute Gasteiger partial charge is 0.0568 e. The van der Waals surface area contributed by atoms with E-state index in [2.05, 4.69) is 29.4 Å². The van der Waals surface area contributed by atoms with E-state index in [1.807, 2.05) is 24.1 Å². The summed E-state index contributed by atoms with van der Waals surface area (Å²) in [6, 6.07) is 8.47. The molecule has 1 aromatic carbocycles. The van der Waals surface area contributed by atoms with Crippen molar-refractivity contribution in [2.24, 2.45) is 12.8 Å². The van der Waals surface area contributed by atoms with Crippen molar-refractivity contribution in [2.75, 3.05) is 6.54 Å². The number of rotatable bonds is 3. The number of hydrogen-bond acceptors (Lipinski definition) is 2. The third-order valence-corrected chi connectivity index (χ3v) is 2.43. The first-order valence-electron chi connectivity index (χ1n) is 5.07. The molecule has 0 unspecified atom stereocenters. The van der Waals surface area contributed by atoms with Crippen molar-refractivity contribution >= 4 is 12.4 Å². The molecule has 1 aromatic heterocycles. The highest BCUT2D eigenvalue weighted by molar-refractivity contribution is 5.85. The van der Waals surface area contributed by atoms with E-state index in [0.29, 0.717) is 6.54 Å². The van der Waals surface area contributed by atoms with Gasteiger partial charge in [0.05, 0.1) is 6.20 Å². The van der Waals surface area contributed by atoms with Gasteiger partial charge in [0.1, 0.15) is 0 Å². The summed E-state index contributed by atoms with van der Waals surface area (Å²) in [7, 11) is 1.92. The van der Waals surface area contributed by atoms with Crippen molar-refractivity contribution < 1.29 is 0 Å². The SMILES string of the molecule is Cl.Cn1cc(-c2ccc(CCN)cc2)cn1. The maximum atomic E-state index is 5.50. The van der Waals surface area contributed by atoms with Crippen LogP contribution in [0.15, 0.2) is 36.7 Å². The maximum Gasteiger partial charge on any atom is 0.0568 e. The van der Waals surface area contributed by atoms with Gasteiger partial charge in [0.25, 0.3) is 0 Å². The van der Waals surface area contributed by atoms with Crippen molar-refractivity contribution in [1.29, 1.82) is 0 Å². The van der Waals surface area contributed by atoms with E-state index in [0.717, 1.165) is 12.0 Å². The van der Waals surface area contributed by atoms with Crippen LogP contribution in [0.5, 0.6) is 0 Å². The van der Waals surface area contributed by atoms with E-state index in [9.17, 15) is 0 Å². The van der Waals surface area contributed by atoms with Crippen molar-refractivity contribution in [3.8, 4) is 11.1 Å². The second kappa shape index (κ2) is 5.68. The van der Waals surface area contributed by atoms with Crippen LogP contribution in [0.4, 0.5) is 0 Å². The van der Waals surface area contributed by atoms with Gasteiger partial charge < -0.3 is 5.73 Å². The van der Waals surface area contributed by atoms with E-state index in [1.165, 1.54) is 11.1 Å². The minimum Gasteiger partial charge on any atom is -0.330 e. The Bertz CT molecular complexity index is 434. The molecule has 0 aliphatic heterocycles. The summed E-state index contributed by atoms with van der Waals surface area (Å²) in [6.07, 6.45) is 4.82. The molecule has 0 saturated heterocycles. The first-order chi connectivity index (χ1) is 7.29. The molecule has 1 heterocycles. The minimum absolute atomic E-state index is 0. The van der Waals surface area contributed by atoms with Crippen molar-refractivity contribution in [3.63, 3.8) is 0 Å². The van der Waals surface area contributed by atoms with E-state index in [-0.39, 0.29) is 12.4 Å². The predicted octanol–water partition coefficient (Wildman–Crippen LogP) is 2.01. The molecule has 0 atom stereocenters. The van der Waals surface area contributed by atoms with E-state index in [4.69, 9.17) is 5.73 Å². The summed E-state index contributed by atoms with van der Waals surface area (Å²) in [5.41, 5.74) is 9.13. The fourth-order valence-electron chi connectivity index (χ4n) is 1.60. The van der Waals surface area contributed by atoms with Gasteiger partial charge in [-0.05, 0) is 24.1 Å². The largest absolute Gasteiger partial charge is 0.330 e. The molecule has 0 aliphatic rings. The van der Waals surface area contributed by atoms with Gasteiger partial charge in [0.15, 0.2) is 0 Å². The molecule has 86 valence electrons. The fourth-order valence-corrected chi connectivity index (χ4v) is 1.60. The third kappa shape index (κ3) is 2.84. The van der Waals surface area contributed by atoms with Gasteiger partial charge in [-0.3, -0.25) is 4.68 Å². The van der Waals surface area contributed by atoms with Gasteiger partial charge in [-0.25, -0.2) is 0 Å². The van der Waals surface area contributed by atoms with Crippen molar-refractivity contribution in [1.82, 2.24) is 9.78 Å². The molecule has 0 amide bonds. The minimum atomic E-state index is 0. The van der Waals surface area contributed by atoms with Crippen LogP contribution in [-0.2, 0) is 13.5 Å². The molecular weight excluding hydrogens is 222 g/mol. The highest BCUT2D eigenvalue weighted by Crippen LogP contribution is 2.18. The summed E-state index contributed by atoms with van der Waals surface area (Å²) < 4.78 is 1.81. The van der Waals surface area contributed by atoms with Crippen molar-refractivity contribution in [3.05, 3.63) is 42.2 Å². The van der Waals surface area contributed by atoms with Crippen LogP contribution < -0.4 is 5.73 Å². The Hall–Kier alpha value is -1.32. The van der Waals surface area contributed by atoms with Gasteiger partial charge in [0.2, 0.25) is 0 Å². The number of nitrogens with zero attached hydrogens (tertiary/aromatic N) is 2. The summed E-state index contributed by atoms with van der Waals surface area (Å²) in [4.78, 5) is 0. The Morgan fingerprint density at radius 3 is 2.38 bits per heavy atom. The molecule has 16 heavy (non-hydrogen) atoms. The molecule has 0 bridgehead atoms. The zero-order valence-electron chi connectivity index (χ0n) is 9.26. The number of halogens is 1. The molecule has 4 heteroatoms. The lowest BCUT2D eigenvalue weighted by Crippen LogP contribution is -2.02. The Morgan fingerprint density at radius 2 is 1.88 bits per heavy atom. The zero-order chi connectivity index (χ0) is 10.7. The first-order valence-corrected chi connectivity index (χ1v) is 5.07. The molecule has 0 fully saturated rings. The second-order valence-electron chi connectivity index (χ2n) is 3.64. The normalized spacial score (nSPS) is 9.88.